The number of hydrogen-bond acceptors (Lipinski definition) is 6. The van der Waals surface area contributed by atoms with Gasteiger partial charge in [0.1, 0.15) is 0 Å². The Kier molecular flexibility index (Phi) is 13.8. The van der Waals surface area contributed by atoms with Crippen LogP contribution in [0.15, 0.2) is 0 Å². The van der Waals surface area contributed by atoms with E-state index in [1.807, 2.05) is 0 Å². The standard InChI is InChI=1S/C14H24N4O6S/c19-9-15-6-11(20)16-7-12(21)17-8-13(22)18-10-25-5-3-1-2-4-14(23)24/h9H,1-8,10H2,(H,15,19)(H,16,20)(H,17,21)(H,18,22)(H,23,24). The van der Waals surface area contributed by atoms with Crippen molar-refractivity contribution in [3.63, 3.8) is 0 Å². The molecule has 142 valence electrons. The van der Waals surface area contributed by atoms with Crippen LogP contribution in [0.4, 0.5) is 0 Å². The molecule has 0 saturated carbocycles. The average molecular weight is 376 g/mol. The summed E-state index contributed by atoms with van der Waals surface area (Å²) >= 11 is 1.51. The van der Waals surface area contributed by atoms with Gasteiger partial charge in [-0.15, -0.1) is 11.8 Å². The van der Waals surface area contributed by atoms with Gasteiger partial charge in [-0.3, -0.25) is 24.0 Å². The minimum absolute atomic E-state index is 0.176. The maximum absolute atomic E-state index is 11.5. The number of rotatable bonds is 15. The zero-order valence-electron chi connectivity index (χ0n) is 13.8. The molecule has 0 radical (unpaired) electrons. The van der Waals surface area contributed by atoms with Gasteiger partial charge in [0.25, 0.3) is 0 Å². The lowest BCUT2D eigenvalue weighted by molar-refractivity contribution is -0.137. The number of unbranched alkanes of at least 4 members (excludes halogenated alkanes) is 2. The molecule has 0 aromatic heterocycles. The summed E-state index contributed by atoms with van der Waals surface area (Å²) in [6.45, 7) is -0.691. The van der Waals surface area contributed by atoms with Crippen molar-refractivity contribution >= 4 is 41.9 Å². The molecular weight excluding hydrogens is 352 g/mol. The first-order valence-electron chi connectivity index (χ1n) is 7.72. The molecule has 4 amide bonds. The number of carboxylic acids is 1. The van der Waals surface area contributed by atoms with Crippen LogP contribution in [-0.4, -0.2) is 66.5 Å². The Morgan fingerprint density at radius 3 is 2.04 bits per heavy atom. The molecule has 11 heteroatoms. The summed E-state index contributed by atoms with van der Waals surface area (Å²) < 4.78 is 0. The molecule has 0 saturated heterocycles. The number of carboxylic acid groups (broad SMARTS) is 1. The SMILES string of the molecule is O=CNCC(=O)NCC(=O)NCC(=O)NCSCCCCCC(=O)O. The fourth-order valence-corrected chi connectivity index (χ4v) is 2.36. The molecule has 0 heterocycles. The Bertz CT molecular complexity index is 461. The van der Waals surface area contributed by atoms with Crippen molar-refractivity contribution in [2.75, 3.05) is 31.3 Å². The molecule has 0 aliphatic carbocycles. The van der Waals surface area contributed by atoms with Gasteiger partial charge < -0.3 is 26.4 Å². The Hall–Kier alpha value is -2.30. The molecule has 25 heavy (non-hydrogen) atoms. The Morgan fingerprint density at radius 1 is 0.840 bits per heavy atom. The van der Waals surface area contributed by atoms with Crippen molar-refractivity contribution in [2.45, 2.75) is 25.7 Å². The van der Waals surface area contributed by atoms with Crippen LogP contribution in [0.5, 0.6) is 0 Å². The molecule has 0 aliphatic heterocycles. The van der Waals surface area contributed by atoms with Gasteiger partial charge in [0.2, 0.25) is 24.1 Å². The van der Waals surface area contributed by atoms with Crippen molar-refractivity contribution in [1.82, 2.24) is 21.3 Å². The molecule has 0 aliphatic rings. The molecule has 0 unspecified atom stereocenters. The highest BCUT2D eigenvalue weighted by Crippen LogP contribution is 2.06. The summed E-state index contributed by atoms with van der Waals surface area (Å²) in [6.07, 6.45) is 2.91. The van der Waals surface area contributed by atoms with Crippen LogP contribution >= 0.6 is 11.8 Å². The van der Waals surface area contributed by atoms with E-state index < -0.39 is 17.8 Å². The second-order valence-corrected chi connectivity index (χ2v) is 6.01. The van der Waals surface area contributed by atoms with E-state index in [0.717, 1.165) is 18.6 Å². The lowest BCUT2D eigenvalue weighted by Gasteiger charge is -2.08. The Morgan fingerprint density at radius 2 is 1.44 bits per heavy atom. The van der Waals surface area contributed by atoms with Crippen LogP contribution in [0.2, 0.25) is 0 Å². The van der Waals surface area contributed by atoms with Crippen molar-refractivity contribution in [3.05, 3.63) is 0 Å². The van der Waals surface area contributed by atoms with E-state index in [-0.39, 0.29) is 32.0 Å². The van der Waals surface area contributed by atoms with E-state index in [4.69, 9.17) is 5.11 Å². The lowest BCUT2D eigenvalue weighted by atomic mass is 10.2. The summed E-state index contributed by atoms with van der Waals surface area (Å²) in [5.74, 6) is -0.943. The molecule has 0 atom stereocenters. The minimum atomic E-state index is -0.792. The molecule has 0 bridgehead atoms. The van der Waals surface area contributed by atoms with Gasteiger partial charge in [0.15, 0.2) is 0 Å². The normalized spacial score (nSPS) is 9.76. The van der Waals surface area contributed by atoms with E-state index in [9.17, 15) is 24.0 Å². The van der Waals surface area contributed by atoms with Crippen LogP contribution in [0.25, 0.3) is 0 Å². The molecule has 0 fully saturated rings. The number of carbonyl (C=O) groups excluding carboxylic acids is 4. The number of nitrogens with one attached hydrogen (secondary N) is 4. The molecule has 0 spiro atoms. The minimum Gasteiger partial charge on any atom is -0.481 e. The highest BCUT2D eigenvalue weighted by molar-refractivity contribution is 7.99. The number of carbonyl (C=O) groups is 5. The number of hydrogen-bond donors (Lipinski definition) is 5. The zero-order valence-corrected chi connectivity index (χ0v) is 14.7. The molecular formula is C14H24N4O6S. The quantitative estimate of drug-likeness (QED) is 0.131. The van der Waals surface area contributed by atoms with Gasteiger partial charge in [0.05, 0.1) is 25.5 Å². The predicted molar refractivity (Wildman–Crippen MR) is 91.7 cm³/mol. The first-order chi connectivity index (χ1) is 12.0. The van der Waals surface area contributed by atoms with E-state index in [1.165, 1.54) is 11.8 Å². The van der Waals surface area contributed by atoms with Gasteiger partial charge in [0, 0.05) is 6.42 Å². The maximum Gasteiger partial charge on any atom is 0.303 e. The average Bonchev–Trinajstić information content (AvgIpc) is 2.58. The smallest absolute Gasteiger partial charge is 0.303 e. The fourth-order valence-electron chi connectivity index (χ4n) is 1.54. The summed E-state index contributed by atoms with van der Waals surface area (Å²) in [5.41, 5.74) is 0. The number of thioether (sulfide) groups is 1. The lowest BCUT2D eigenvalue weighted by Crippen LogP contribution is -2.43. The molecule has 0 aromatic rings. The third-order valence-electron chi connectivity index (χ3n) is 2.79. The van der Waals surface area contributed by atoms with E-state index in [2.05, 4.69) is 21.3 Å². The number of amides is 4. The van der Waals surface area contributed by atoms with Crippen LogP contribution in [0.1, 0.15) is 25.7 Å². The van der Waals surface area contributed by atoms with Gasteiger partial charge in [-0.2, -0.15) is 0 Å². The van der Waals surface area contributed by atoms with Gasteiger partial charge in [-0.05, 0) is 18.6 Å². The van der Waals surface area contributed by atoms with Crippen molar-refractivity contribution < 1.29 is 29.1 Å². The summed E-state index contributed by atoms with van der Waals surface area (Å²) in [4.78, 5) is 54.3. The largest absolute Gasteiger partial charge is 0.481 e. The Labute approximate surface area is 149 Å². The van der Waals surface area contributed by atoms with Crippen LogP contribution in [0.3, 0.4) is 0 Å². The summed E-state index contributed by atoms with van der Waals surface area (Å²) in [6, 6.07) is 0. The third kappa shape index (κ3) is 16.3. The summed E-state index contributed by atoms with van der Waals surface area (Å²) in [7, 11) is 0. The molecule has 0 aromatic carbocycles. The summed E-state index contributed by atoms with van der Waals surface area (Å²) in [5, 5.41) is 17.9. The molecule has 0 rings (SSSR count). The fraction of sp³-hybridized carbons (Fsp3) is 0.643. The first-order valence-corrected chi connectivity index (χ1v) is 8.87. The molecule has 5 N–H and O–H groups in total. The monoisotopic (exact) mass is 376 g/mol. The van der Waals surface area contributed by atoms with Crippen LogP contribution < -0.4 is 21.3 Å². The van der Waals surface area contributed by atoms with E-state index in [1.54, 1.807) is 0 Å². The third-order valence-corrected chi connectivity index (χ3v) is 3.71. The second kappa shape index (κ2) is 15.2. The number of aliphatic carboxylic acids is 1. The Balaban J connectivity index is 3.51. The topological polar surface area (TPSA) is 154 Å². The van der Waals surface area contributed by atoms with Crippen LogP contribution in [-0.2, 0) is 24.0 Å². The van der Waals surface area contributed by atoms with Crippen LogP contribution in [0, 0.1) is 0 Å². The van der Waals surface area contributed by atoms with Crippen molar-refractivity contribution in [1.29, 1.82) is 0 Å². The van der Waals surface area contributed by atoms with Crippen molar-refractivity contribution in [2.24, 2.45) is 0 Å². The highest BCUT2D eigenvalue weighted by atomic mass is 32.2. The highest BCUT2D eigenvalue weighted by Gasteiger charge is 2.07. The van der Waals surface area contributed by atoms with Gasteiger partial charge in [-0.25, -0.2) is 0 Å². The van der Waals surface area contributed by atoms with Gasteiger partial charge in [-0.1, -0.05) is 6.42 Å². The second-order valence-electron chi connectivity index (χ2n) is 4.91. The van der Waals surface area contributed by atoms with Gasteiger partial charge >= 0.3 is 5.97 Å². The zero-order chi connectivity index (χ0) is 18.9. The van der Waals surface area contributed by atoms with E-state index >= 15 is 0 Å². The predicted octanol–water partition coefficient (Wildman–Crippen LogP) is -1.58. The maximum atomic E-state index is 11.5. The van der Waals surface area contributed by atoms with E-state index in [0.29, 0.717) is 18.7 Å². The first kappa shape index (κ1) is 22.7. The van der Waals surface area contributed by atoms with Crippen molar-refractivity contribution in [3.8, 4) is 0 Å². The molecule has 10 nitrogen and oxygen atoms in total.